The average Bonchev–Trinajstić information content (AvgIpc) is 2.42. The Morgan fingerprint density at radius 1 is 1.35 bits per heavy atom. The zero-order chi connectivity index (χ0) is 15.0. The molecule has 110 valence electrons. The van der Waals surface area contributed by atoms with Crippen molar-refractivity contribution in [1.82, 2.24) is 5.32 Å². The lowest BCUT2D eigenvalue weighted by molar-refractivity contribution is 0.297. The van der Waals surface area contributed by atoms with Crippen LogP contribution in [0.3, 0.4) is 0 Å². The highest BCUT2D eigenvalue weighted by atomic mass is 35.5. The lowest BCUT2D eigenvalue weighted by Crippen LogP contribution is -2.22. The van der Waals surface area contributed by atoms with Gasteiger partial charge in [0.05, 0.1) is 13.7 Å². The molecule has 1 rings (SSSR count). The highest BCUT2D eigenvalue weighted by Crippen LogP contribution is 2.34. The third-order valence-electron chi connectivity index (χ3n) is 2.67. The van der Waals surface area contributed by atoms with Gasteiger partial charge in [0.2, 0.25) is 0 Å². The number of hydrogen-bond acceptors (Lipinski definition) is 3. The van der Waals surface area contributed by atoms with Gasteiger partial charge in [0.25, 0.3) is 0 Å². The van der Waals surface area contributed by atoms with Gasteiger partial charge in [0.15, 0.2) is 11.5 Å². The van der Waals surface area contributed by atoms with E-state index in [-0.39, 0.29) is 0 Å². The monoisotopic (exact) mass is 295 g/mol. The van der Waals surface area contributed by atoms with Crippen molar-refractivity contribution in [2.24, 2.45) is 0 Å². The van der Waals surface area contributed by atoms with Crippen LogP contribution in [-0.2, 0) is 6.54 Å². The fourth-order valence-electron chi connectivity index (χ4n) is 1.71. The van der Waals surface area contributed by atoms with Crippen LogP contribution in [0.2, 0.25) is 5.02 Å². The maximum absolute atomic E-state index is 6.11. The van der Waals surface area contributed by atoms with Gasteiger partial charge in [-0.3, -0.25) is 0 Å². The quantitative estimate of drug-likeness (QED) is 0.615. The number of nitrogens with one attached hydrogen (secondary N) is 1. The summed E-state index contributed by atoms with van der Waals surface area (Å²) in [5.74, 6) is 7.23. The Labute approximate surface area is 126 Å². The molecule has 1 aromatic carbocycles. The molecule has 0 radical (unpaired) electrons. The second-order valence-corrected chi connectivity index (χ2v) is 5.09. The number of benzene rings is 1. The maximum atomic E-state index is 6.11. The first-order valence-electron chi connectivity index (χ1n) is 6.70. The number of hydrogen-bond donors (Lipinski definition) is 1. The molecule has 0 aromatic heterocycles. The third kappa shape index (κ3) is 5.32. The van der Waals surface area contributed by atoms with Gasteiger partial charge in [0, 0.05) is 35.7 Å². The van der Waals surface area contributed by atoms with Crippen molar-refractivity contribution in [1.29, 1.82) is 0 Å². The summed E-state index contributed by atoms with van der Waals surface area (Å²) in [6.45, 7) is 7.23. The largest absolute Gasteiger partial charge is 0.493 e. The fourth-order valence-corrected chi connectivity index (χ4v) is 1.94. The normalized spacial score (nSPS) is 10.1. The van der Waals surface area contributed by atoms with Crippen LogP contribution >= 0.6 is 11.6 Å². The number of ether oxygens (including phenoxy) is 2. The predicted molar refractivity (Wildman–Crippen MR) is 83.5 cm³/mol. The molecule has 4 heteroatoms. The molecule has 0 saturated carbocycles. The first-order valence-corrected chi connectivity index (χ1v) is 7.08. The molecule has 0 atom stereocenters. The van der Waals surface area contributed by atoms with Crippen molar-refractivity contribution < 1.29 is 9.47 Å². The zero-order valence-electron chi connectivity index (χ0n) is 12.5. The van der Waals surface area contributed by atoms with E-state index in [1.165, 1.54) is 0 Å². The smallest absolute Gasteiger partial charge is 0.165 e. The van der Waals surface area contributed by atoms with Crippen molar-refractivity contribution in [3.05, 3.63) is 22.7 Å². The number of methoxy groups -OCH3 is 1. The van der Waals surface area contributed by atoms with Crippen LogP contribution in [0.25, 0.3) is 0 Å². The molecule has 0 amide bonds. The molecule has 3 nitrogen and oxygen atoms in total. The van der Waals surface area contributed by atoms with E-state index in [1.807, 2.05) is 13.0 Å². The Kier molecular flexibility index (Phi) is 7.28. The SMILES string of the molecule is CC#CCCOc1c(CNC(C)C)cc(Cl)cc1OC. The van der Waals surface area contributed by atoms with Gasteiger partial charge in [0.1, 0.15) is 0 Å². The lowest BCUT2D eigenvalue weighted by atomic mass is 10.1. The first-order chi connectivity index (χ1) is 9.58. The summed E-state index contributed by atoms with van der Waals surface area (Å²) in [5.41, 5.74) is 0.993. The summed E-state index contributed by atoms with van der Waals surface area (Å²) in [7, 11) is 1.62. The molecule has 0 fully saturated rings. The molecule has 0 spiro atoms. The van der Waals surface area contributed by atoms with Gasteiger partial charge < -0.3 is 14.8 Å². The minimum absolute atomic E-state index is 0.388. The van der Waals surface area contributed by atoms with Crippen LogP contribution in [0.5, 0.6) is 11.5 Å². The van der Waals surface area contributed by atoms with E-state index in [2.05, 4.69) is 31.0 Å². The molecular weight excluding hydrogens is 274 g/mol. The van der Waals surface area contributed by atoms with Crippen molar-refractivity contribution in [2.75, 3.05) is 13.7 Å². The van der Waals surface area contributed by atoms with Crippen LogP contribution in [0.15, 0.2) is 12.1 Å². The van der Waals surface area contributed by atoms with Crippen molar-refractivity contribution >= 4 is 11.6 Å². The van der Waals surface area contributed by atoms with Crippen molar-refractivity contribution in [3.8, 4) is 23.3 Å². The topological polar surface area (TPSA) is 30.5 Å². The standard InChI is InChI=1S/C16H22ClNO2/c1-5-6-7-8-20-16-13(11-18-12(2)3)9-14(17)10-15(16)19-4/h9-10,12,18H,7-8,11H2,1-4H3. The third-order valence-corrected chi connectivity index (χ3v) is 2.89. The summed E-state index contributed by atoms with van der Waals surface area (Å²) >= 11 is 6.11. The molecule has 0 saturated heterocycles. The molecule has 0 aliphatic carbocycles. The Balaban J connectivity index is 2.91. The van der Waals surface area contributed by atoms with Crippen LogP contribution in [0.4, 0.5) is 0 Å². The molecule has 0 bridgehead atoms. The minimum atomic E-state index is 0.388. The molecule has 20 heavy (non-hydrogen) atoms. The molecule has 0 unspecified atom stereocenters. The Morgan fingerprint density at radius 2 is 2.10 bits per heavy atom. The zero-order valence-corrected chi connectivity index (χ0v) is 13.3. The van der Waals surface area contributed by atoms with Gasteiger partial charge in [-0.2, -0.15) is 0 Å². The van der Waals surface area contributed by atoms with E-state index < -0.39 is 0 Å². The first kappa shape index (κ1) is 16.7. The predicted octanol–water partition coefficient (Wildman–Crippen LogP) is 3.64. The van der Waals surface area contributed by atoms with Gasteiger partial charge in [-0.1, -0.05) is 25.4 Å². The molecule has 1 aromatic rings. The highest BCUT2D eigenvalue weighted by Gasteiger charge is 2.13. The Morgan fingerprint density at radius 3 is 2.70 bits per heavy atom. The van der Waals surface area contributed by atoms with Crippen molar-refractivity contribution in [2.45, 2.75) is 39.8 Å². The van der Waals surface area contributed by atoms with Gasteiger partial charge >= 0.3 is 0 Å². The fraction of sp³-hybridized carbons (Fsp3) is 0.500. The van der Waals surface area contributed by atoms with Gasteiger partial charge in [-0.15, -0.1) is 11.8 Å². The minimum Gasteiger partial charge on any atom is -0.493 e. The summed E-state index contributed by atoms with van der Waals surface area (Å²) in [5, 5.41) is 4.00. The lowest BCUT2D eigenvalue weighted by Gasteiger charge is -2.16. The van der Waals surface area contributed by atoms with Crippen molar-refractivity contribution in [3.63, 3.8) is 0 Å². The Hall–Kier alpha value is -1.37. The van der Waals surface area contributed by atoms with Gasteiger partial charge in [-0.05, 0) is 13.0 Å². The molecule has 0 aliphatic heterocycles. The molecular formula is C16H22ClNO2. The summed E-state index contributed by atoms with van der Waals surface area (Å²) in [6.07, 6.45) is 0.694. The highest BCUT2D eigenvalue weighted by molar-refractivity contribution is 6.30. The molecule has 1 N–H and O–H groups in total. The van der Waals surface area contributed by atoms with E-state index in [0.29, 0.717) is 36.4 Å². The van der Waals surface area contributed by atoms with Gasteiger partial charge in [-0.25, -0.2) is 0 Å². The van der Waals surface area contributed by atoms with E-state index >= 15 is 0 Å². The van der Waals surface area contributed by atoms with Crippen LogP contribution in [0, 0.1) is 11.8 Å². The summed E-state index contributed by atoms with van der Waals surface area (Å²) in [4.78, 5) is 0. The van der Waals surface area contributed by atoms with Crippen LogP contribution in [-0.4, -0.2) is 19.8 Å². The van der Waals surface area contributed by atoms with E-state index in [9.17, 15) is 0 Å². The molecule has 0 heterocycles. The summed E-state index contributed by atoms with van der Waals surface area (Å²) in [6, 6.07) is 4.06. The average molecular weight is 296 g/mol. The van der Waals surface area contributed by atoms with Crippen LogP contribution in [0.1, 0.15) is 32.8 Å². The Bertz CT molecular complexity index is 489. The second kappa shape index (κ2) is 8.73. The van der Waals surface area contributed by atoms with E-state index in [0.717, 1.165) is 11.3 Å². The van der Waals surface area contributed by atoms with E-state index in [1.54, 1.807) is 13.2 Å². The maximum Gasteiger partial charge on any atom is 0.165 e. The van der Waals surface area contributed by atoms with E-state index in [4.69, 9.17) is 21.1 Å². The van der Waals surface area contributed by atoms with Crippen LogP contribution < -0.4 is 14.8 Å². The number of halogens is 1. The number of rotatable bonds is 7. The summed E-state index contributed by atoms with van der Waals surface area (Å²) < 4.78 is 11.2. The second-order valence-electron chi connectivity index (χ2n) is 4.66. The molecule has 0 aliphatic rings.